The van der Waals surface area contributed by atoms with Crippen molar-refractivity contribution in [1.82, 2.24) is 25.9 Å². The van der Waals surface area contributed by atoms with E-state index in [-0.39, 0.29) is 19.3 Å². The van der Waals surface area contributed by atoms with Crippen LogP contribution in [0, 0.1) is 0 Å². The van der Waals surface area contributed by atoms with Gasteiger partial charge < -0.3 is 48.3 Å². The van der Waals surface area contributed by atoms with Gasteiger partial charge in [-0.1, -0.05) is 6.42 Å². The molecular weight excluding hydrogens is 492 g/mol. The van der Waals surface area contributed by atoms with Crippen molar-refractivity contribution in [2.24, 2.45) is 17.2 Å². The molecule has 0 spiro atoms. The van der Waals surface area contributed by atoms with E-state index < -0.39 is 72.6 Å². The van der Waals surface area contributed by atoms with Crippen molar-refractivity contribution in [3.63, 3.8) is 0 Å². The molecule has 4 amide bonds. The Morgan fingerprint density at radius 3 is 2.08 bits per heavy atom. The number of hydrogen-bond acceptors (Lipinski definition) is 9. The maximum Gasteiger partial charge on any atom is 0.326 e. The average Bonchev–Trinajstić information content (AvgIpc) is 3.33. The monoisotopic (exact) mass is 526 g/mol. The summed E-state index contributed by atoms with van der Waals surface area (Å²) in [6.07, 6.45) is 2.55. The molecule has 0 aliphatic carbocycles. The van der Waals surface area contributed by atoms with Crippen LogP contribution in [0.5, 0.6) is 0 Å². The highest BCUT2D eigenvalue weighted by Gasteiger charge is 2.31. The summed E-state index contributed by atoms with van der Waals surface area (Å²) in [5.41, 5.74) is 16.7. The normalized spacial score (nSPS) is 14.0. The smallest absolute Gasteiger partial charge is 0.326 e. The summed E-state index contributed by atoms with van der Waals surface area (Å²) in [5.74, 6) is -6.26. The summed E-state index contributed by atoms with van der Waals surface area (Å²) < 4.78 is 0. The van der Waals surface area contributed by atoms with Gasteiger partial charge in [-0.2, -0.15) is 0 Å². The van der Waals surface area contributed by atoms with E-state index in [1.165, 1.54) is 12.5 Å². The zero-order valence-corrected chi connectivity index (χ0v) is 20.1. The molecular formula is C21H34N8O8. The Morgan fingerprint density at radius 2 is 1.54 bits per heavy atom. The van der Waals surface area contributed by atoms with E-state index in [1.807, 2.05) is 0 Å². The topological polar surface area (TPSA) is 286 Å². The number of carboxylic acids is 2. The number of nitrogens with two attached hydrogens (primary N) is 3. The molecule has 0 aliphatic heterocycles. The number of carboxylic acid groups (broad SMARTS) is 2. The molecule has 0 saturated heterocycles. The van der Waals surface area contributed by atoms with Crippen LogP contribution in [0.2, 0.25) is 0 Å². The Morgan fingerprint density at radius 1 is 0.919 bits per heavy atom. The largest absolute Gasteiger partial charge is 0.481 e. The van der Waals surface area contributed by atoms with Gasteiger partial charge in [0.15, 0.2) is 0 Å². The first-order valence-corrected chi connectivity index (χ1v) is 11.5. The molecule has 1 rings (SSSR count). The molecule has 0 aliphatic rings. The predicted molar refractivity (Wildman–Crippen MR) is 127 cm³/mol. The lowest BCUT2D eigenvalue weighted by Gasteiger charge is -2.24. The average molecular weight is 527 g/mol. The summed E-state index contributed by atoms with van der Waals surface area (Å²) >= 11 is 0. The molecule has 0 fully saturated rings. The Labute approximate surface area is 212 Å². The van der Waals surface area contributed by atoms with Gasteiger partial charge in [-0.05, 0) is 25.8 Å². The Kier molecular flexibility index (Phi) is 13.3. The Hall–Kier alpha value is -4.05. The predicted octanol–water partition coefficient (Wildman–Crippen LogP) is -3.31. The number of aromatic amines is 1. The van der Waals surface area contributed by atoms with E-state index in [4.69, 9.17) is 22.3 Å². The molecule has 1 aromatic rings. The van der Waals surface area contributed by atoms with E-state index in [0.29, 0.717) is 25.1 Å². The maximum atomic E-state index is 13.0. The van der Waals surface area contributed by atoms with Crippen molar-refractivity contribution in [2.45, 2.75) is 69.1 Å². The summed E-state index contributed by atoms with van der Waals surface area (Å²) in [6.45, 7) is 0.417. The van der Waals surface area contributed by atoms with Gasteiger partial charge in [0.1, 0.15) is 18.1 Å². The first-order valence-electron chi connectivity index (χ1n) is 11.5. The fraction of sp³-hybridized carbons (Fsp3) is 0.571. The van der Waals surface area contributed by atoms with Crippen LogP contribution >= 0.6 is 0 Å². The number of carbonyl (C=O) groups is 6. The quantitative estimate of drug-likeness (QED) is 0.0853. The minimum atomic E-state index is -1.65. The Balaban J connectivity index is 3.05. The fourth-order valence-corrected chi connectivity index (χ4v) is 3.23. The third-order valence-electron chi connectivity index (χ3n) is 5.22. The van der Waals surface area contributed by atoms with Crippen LogP contribution in [-0.4, -0.2) is 86.5 Å². The van der Waals surface area contributed by atoms with Crippen LogP contribution in [0.15, 0.2) is 12.5 Å². The van der Waals surface area contributed by atoms with E-state index in [9.17, 15) is 33.9 Å². The molecule has 16 heteroatoms. The first-order chi connectivity index (χ1) is 17.4. The molecule has 1 heterocycles. The molecule has 1 aromatic heterocycles. The fourth-order valence-electron chi connectivity index (χ4n) is 3.23. The van der Waals surface area contributed by atoms with Crippen molar-refractivity contribution < 1.29 is 39.0 Å². The number of nitrogens with one attached hydrogen (secondary N) is 4. The van der Waals surface area contributed by atoms with Crippen molar-refractivity contribution in [3.8, 4) is 0 Å². The van der Waals surface area contributed by atoms with E-state index >= 15 is 0 Å². The van der Waals surface area contributed by atoms with Gasteiger partial charge in [0, 0.05) is 24.7 Å². The molecule has 16 nitrogen and oxygen atoms in total. The van der Waals surface area contributed by atoms with Crippen molar-refractivity contribution >= 4 is 35.6 Å². The lowest BCUT2D eigenvalue weighted by molar-refractivity contribution is -0.143. The molecule has 206 valence electrons. The van der Waals surface area contributed by atoms with E-state index in [2.05, 4.69) is 25.9 Å². The zero-order chi connectivity index (χ0) is 28.0. The highest BCUT2D eigenvalue weighted by Crippen LogP contribution is 2.06. The molecule has 4 atom stereocenters. The number of amides is 4. The lowest BCUT2D eigenvalue weighted by Crippen LogP contribution is -2.58. The maximum absolute atomic E-state index is 13.0. The number of H-pyrrole nitrogens is 1. The molecule has 0 aromatic carbocycles. The number of unbranched alkanes of at least 4 members (excludes halogenated alkanes) is 1. The van der Waals surface area contributed by atoms with Crippen LogP contribution in [-0.2, 0) is 35.2 Å². The molecule has 0 radical (unpaired) electrons. The van der Waals surface area contributed by atoms with Crippen molar-refractivity contribution in [2.75, 3.05) is 6.54 Å². The van der Waals surface area contributed by atoms with Gasteiger partial charge >= 0.3 is 11.9 Å². The van der Waals surface area contributed by atoms with E-state index in [1.54, 1.807) is 0 Å². The molecule has 37 heavy (non-hydrogen) atoms. The summed E-state index contributed by atoms with van der Waals surface area (Å²) in [4.78, 5) is 78.7. The van der Waals surface area contributed by atoms with Crippen LogP contribution in [0.1, 0.15) is 44.2 Å². The number of rotatable bonds is 18. The number of aromatic nitrogens is 2. The number of imidazole rings is 1. The zero-order valence-electron chi connectivity index (χ0n) is 20.1. The van der Waals surface area contributed by atoms with Crippen LogP contribution in [0.25, 0.3) is 0 Å². The second-order valence-electron chi connectivity index (χ2n) is 8.30. The SMILES string of the molecule is NCCCCC(N)C(=O)NC(CCC(=O)O)C(=O)NC(Cc1cnc[nH]1)C(=O)NC(CC(N)=O)C(=O)O. The first kappa shape index (κ1) is 31.0. The van der Waals surface area contributed by atoms with Crippen molar-refractivity contribution in [3.05, 3.63) is 18.2 Å². The molecule has 0 bridgehead atoms. The van der Waals surface area contributed by atoms with Crippen molar-refractivity contribution in [1.29, 1.82) is 0 Å². The van der Waals surface area contributed by atoms with Gasteiger partial charge in [-0.3, -0.25) is 24.0 Å². The number of carbonyl (C=O) groups excluding carboxylic acids is 4. The third-order valence-corrected chi connectivity index (χ3v) is 5.22. The second kappa shape index (κ2) is 15.8. The van der Waals surface area contributed by atoms with E-state index in [0.717, 1.165) is 0 Å². The minimum Gasteiger partial charge on any atom is -0.481 e. The number of aliphatic carboxylic acids is 2. The molecule has 0 saturated carbocycles. The lowest BCUT2D eigenvalue weighted by atomic mass is 10.1. The molecule has 12 N–H and O–H groups in total. The number of hydrogen-bond donors (Lipinski definition) is 9. The second-order valence-corrected chi connectivity index (χ2v) is 8.30. The standard InChI is InChI=1S/C21H34N8O8/c22-6-2-1-3-12(23)18(33)27-13(4-5-17(31)32)19(34)28-14(7-11-9-25-10-26-11)20(35)29-15(21(36)37)8-16(24)30/h9-10,12-15H,1-8,22-23H2,(H2,24,30)(H,25,26)(H,27,33)(H,28,34)(H,29,35)(H,31,32)(H,36,37). The number of primary amides is 1. The van der Waals surface area contributed by atoms with Crippen LogP contribution in [0.4, 0.5) is 0 Å². The molecule has 4 unspecified atom stereocenters. The van der Waals surface area contributed by atoms with Gasteiger partial charge in [0.25, 0.3) is 0 Å². The third kappa shape index (κ3) is 12.0. The van der Waals surface area contributed by atoms with Gasteiger partial charge in [-0.25, -0.2) is 9.78 Å². The Bertz CT molecular complexity index is 939. The number of nitrogens with zero attached hydrogens (tertiary/aromatic N) is 1. The highest BCUT2D eigenvalue weighted by molar-refractivity contribution is 5.95. The van der Waals surface area contributed by atoms with Crippen LogP contribution < -0.4 is 33.2 Å². The summed E-state index contributed by atoms with van der Waals surface area (Å²) in [6, 6.07) is -5.37. The summed E-state index contributed by atoms with van der Waals surface area (Å²) in [7, 11) is 0. The van der Waals surface area contributed by atoms with Gasteiger partial charge in [0.2, 0.25) is 23.6 Å². The summed E-state index contributed by atoms with van der Waals surface area (Å²) in [5, 5.41) is 25.3. The minimum absolute atomic E-state index is 0.168. The van der Waals surface area contributed by atoms with Crippen LogP contribution in [0.3, 0.4) is 0 Å². The van der Waals surface area contributed by atoms with Gasteiger partial charge in [0.05, 0.1) is 18.8 Å². The highest BCUT2D eigenvalue weighted by atomic mass is 16.4. The van der Waals surface area contributed by atoms with Gasteiger partial charge in [-0.15, -0.1) is 0 Å².